The van der Waals surface area contributed by atoms with E-state index in [2.05, 4.69) is 38.1 Å². The Hall–Kier alpha value is -1.01. The first-order chi connectivity index (χ1) is 9.29. The van der Waals surface area contributed by atoms with Crippen molar-refractivity contribution in [2.75, 3.05) is 11.9 Å². The van der Waals surface area contributed by atoms with Gasteiger partial charge in [0, 0.05) is 18.7 Å². The van der Waals surface area contributed by atoms with Gasteiger partial charge in [-0.25, -0.2) is 9.97 Å². The lowest BCUT2D eigenvalue weighted by molar-refractivity contribution is 0.940. The second-order valence-electron chi connectivity index (χ2n) is 4.66. The van der Waals surface area contributed by atoms with Crippen molar-refractivity contribution in [1.29, 1.82) is 0 Å². The summed E-state index contributed by atoms with van der Waals surface area (Å²) in [5.41, 5.74) is 2.95. The van der Waals surface area contributed by atoms with Crippen molar-refractivity contribution in [3.8, 4) is 10.7 Å². The van der Waals surface area contributed by atoms with Crippen molar-refractivity contribution >= 4 is 33.1 Å². The summed E-state index contributed by atoms with van der Waals surface area (Å²) in [4.78, 5) is 14.5. The lowest BCUT2D eigenvalue weighted by Gasteiger charge is -2.11. The Kier molecular flexibility index (Phi) is 3.79. The van der Waals surface area contributed by atoms with Crippen LogP contribution in [0.15, 0.2) is 16.2 Å². The van der Waals surface area contributed by atoms with E-state index in [9.17, 15) is 0 Å². The van der Waals surface area contributed by atoms with Gasteiger partial charge in [0.05, 0.1) is 20.6 Å². The molecule has 0 unspecified atom stereocenters. The van der Waals surface area contributed by atoms with Crippen LogP contribution in [-0.4, -0.2) is 21.5 Å². The second kappa shape index (κ2) is 5.54. The van der Waals surface area contributed by atoms with E-state index in [0.29, 0.717) is 5.92 Å². The molecule has 0 saturated heterocycles. The minimum Gasteiger partial charge on any atom is -0.369 e. The Labute approximate surface area is 124 Å². The number of nitrogens with one attached hydrogen (secondary N) is 1. The lowest BCUT2D eigenvalue weighted by Crippen LogP contribution is -2.06. The summed E-state index contributed by atoms with van der Waals surface area (Å²) >= 11 is 5.23. The molecule has 2 aromatic rings. The SMILES string of the molecule is CCCNc1nc(-c2cncs2)nc(C2CC2)c1Br. The average Bonchev–Trinajstić information content (AvgIpc) is 3.11. The molecule has 1 fully saturated rings. The summed E-state index contributed by atoms with van der Waals surface area (Å²) in [6.07, 6.45) is 5.36. The van der Waals surface area contributed by atoms with Crippen LogP contribution < -0.4 is 5.32 Å². The molecule has 0 aromatic carbocycles. The molecule has 2 aromatic heterocycles. The number of halogens is 1. The number of aromatic nitrogens is 3. The molecule has 1 aliphatic rings. The molecule has 0 radical (unpaired) electrons. The van der Waals surface area contributed by atoms with Gasteiger partial charge in [-0.15, -0.1) is 11.3 Å². The Morgan fingerprint density at radius 2 is 2.26 bits per heavy atom. The molecule has 19 heavy (non-hydrogen) atoms. The molecule has 3 rings (SSSR count). The van der Waals surface area contributed by atoms with E-state index in [4.69, 9.17) is 4.98 Å². The number of rotatable bonds is 5. The van der Waals surface area contributed by atoms with Crippen molar-refractivity contribution in [3.05, 3.63) is 21.9 Å². The highest BCUT2D eigenvalue weighted by atomic mass is 79.9. The maximum Gasteiger partial charge on any atom is 0.173 e. The lowest BCUT2D eigenvalue weighted by atomic mass is 10.2. The first-order valence-corrected chi connectivity index (χ1v) is 8.17. The Balaban J connectivity index is 2.02. The second-order valence-corrected chi connectivity index (χ2v) is 6.34. The highest BCUT2D eigenvalue weighted by molar-refractivity contribution is 9.10. The van der Waals surface area contributed by atoms with Crippen molar-refractivity contribution in [1.82, 2.24) is 15.0 Å². The summed E-state index contributed by atoms with van der Waals surface area (Å²) in [6.45, 7) is 3.07. The quantitative estimate of drug-likeness (QED) is 0.892. The van der Waals surface area contributed by atoms with Crippen molar-refractivity contribution in [2.45, 2.75) is 32.1 Å². The fraction of sp³-hybridized carbons (Fsp3) is 0.462. The maximum absolute atomic E-state index is 4.72. The molecular formula is C13H15BrN4S. The van der Waals surface area contributed by atoms with Crippen molar-refractivity contribution in [3.63, 3.8) is 0 Å². The van der Waals surface area contributed by atoms with Gasteiger partial charge in [0.1, 0.15) is 5.82 Å². The van der Waals surface area contributed by atoms with Crippen LogP contribution in [0.2, 0.25) is 0 Å². The van der Waals surface area contributed by atoms with E-state index in [1.54, 1.807) is 11.3 Å². The highest BCUT2D eigenvalue weighted by Gasteiger charge is 2.29. The van der Waals surface area contributed by atoms with Gasteiger partial charge in [-0.05, 0) is 35.2 Å². The van der Waals surface area contributed by atoms with E-state index in [-0.39, 0.29) is 0 Å². The molecule has 0 bridgehead atoms. The smallest absolute Gasteiger partial charge is 0.173 e. The van der Waals surface area contributed by atoms with Gasteiger partial charge in [-0.3, -0.25) is 4.98 Å². The van der Waals surface area contributed by atoms with Crippen LogP contribution in [0.3, 0.4) is 0 Å². The van der Waals surface area contributed by atoms with E-state index >= 15 is 0 Å². The normalized spacial score (nSPS) is 14.6. The van der Waals surface area contributed by atoms with Crippen molar-refractivity contribution in [2.24, 2.45) is 0 Å². The number of hydrogen-bond acceptors (Lipinski definition) is 5. The third-order valence-corrected chi connectivity index (χ3v) is 4.59. The van der Waals surface area contributed by atoms with Gasteiger partial charge in [0.25, 0.3) is 0 Å². The third kappa shape index (κ3) is 2.79. The molecule has 4 nitrogen and oxygen atoms in total. The number of anilines is 1. The average molecular weight is 339 g/mol. The standard InChI is InChI=1S/C13H15BrN4S/c1-2-5-16-13-10(14)11(8-3-4-8)17-12(18-13)9-6-15-7-19-9/h6-8H,2-5H2,1H3,(H,16,17,18). The number of nitrogens with zero attached hydrogens (tertiary/aromatic N) is 3. The largest absolute Gasteiger partial charge is 0.369 e. The number of thiazole rings is 1. The molecule has 0 spiro atoms. The van der Waals surface area contributed by atoms with Gasteiger partial charge in [-0.1, -0.05) is 6.92 Å². The van der Waals surface area contributed by atoms with Crippen LogP contribution in [-0.2, 0) is 0 Å². The molecule has 2 heterocycles. The number of hydrogen-bond donors (Lipinski definition) is 1. The van der Waals surface area contributed by atoms with E-state index in [0.717, 1.165) is 39.7 Å². The predicted molar refractivity (Wildman–Crippen MR) is 81.6 cm³/mol. The van der Waals surface area contributed by atoms with Crippen LogP contribution in [0, 0.1) is 0 Å². The molecule has 1 N–H and O–H groups in total. The molecule has 0 amide bonds. The predicted octanol–water partition coefficient (Wildman–Crippen LogP) is 4.06. The van der Waals surface area contributed by atoms with Crippen LogP contribution in [0.4, 0.5) is 5.82 Å². The minimum atomic E-state index is 0.589. The van der Waals surface area contributed by atoms with Crippen LogP contribution >= 0.6 is 27.3 Å². The van der Waals surface area contributed by atoms with Crippen molar-refractivity contribution < 1.29 is 0 Å². The zero-order chi connectivity index (χ0) is 13.2. The third-order valence-electron chi connectivity index (χ3n) is 3.04. The van der Waals surface area contributed by atoms with Gasteiger partial charge in [0.2, 0.25) is 0 Å². The molecule has 1 saturated carbocycles. The Morgan fingerprint density at radius 1 is 1.42 bits per heavy atom. The zero-order valence-corrected chi connectivity index (χ0v) is 13.1. The van der Waals surface area contributed by atoms with E-state index < -0.39 is 0 Å². The maximum atomic E-state index is 4.72. The first kappa shape index (κ1) is 13.0. The van der Waals surface area contributed by atoms with Gasteiger partial charge >= 0.3 is 0 Å². The summed E-state index contributed by atoms with van der Waals surface area (Å²) in [6, 6.07) is 0. The summed E-state index contributed by atoms with van der Waals surface area (Å²) in [5, 5.41) is 3.37. The van der Waals surface area contributed by atoms with Crippen LogP contribution in [0.1, 0.15) is 37.8 Å². The summed E-state index contributed by atoms with van der Waals surface area (Å²) in [5.74, 6) is 2.28. The first-order valence-electron chi connectivity index (χ1n) is 6.49. The molecular weight excluding hydrogens is 324 g/mol. The van der Waals surface area contributed by atoms with E-state index in [1.165, 1.54) is 12.8 Å². The fourth-order valence-electron chi connectivity index (χ4n) is 1.89. The zero-order valence-electron chi connectivity index (χ0n) is 10.7. The highest BCUT2D eigenvalue weighted by Crippen LogP contribution is 2.44. The van der Waals surface area contributed by atoms with Gasteiger partial charge in [-0.2, -0.15) is 0 Å². The molecule has 6 heteroatoms. The minimum absolute atomic E-state index is 0.589. The van der Waals surface area contributed by atoms with Gasteiger partial charge in [0.15, 0.2) is 5.82 Å². The van der Waals surface area contributed by atoms with Gasteiger partial charge < -0.3 is 5.32 Å². The van der Waals surface area contributed by atoms with Crippen LogP contribution in [0.25, 0.3) is 10.7 Å². The monoisotopic (exact) mass is 338 g/mol. The topological polar surface area (TPSA) is 50.7 Å². The molecule has 0 aliphatic heterocycles. The van der Waals surface area contributed by atoms with E-state index in [1.807, 2.05) is 11.7 Å². The summed E-state index contributed by atoms with van der Waals surface area (Å²) in [7, 11) is 0. The molecule has 1 aliphatic carbocycles. The fourth-order valence-corrected chi connectivity index (χ4v) is 3.08. The molecule has 0 atom stereocenters. The molecule has 100 valence electrons. The van der Waals surface area contributed by atoms with Crippen LogP contribution in [0.5, 0.6) is 0 Å². The summed E-state index contributed by atoms with van der Waals surface area (Å²) < 4.78 is 1.02. The Morgan fingerprint density at radius 3 is 2.89 bits per heavy atom. The Bertz CT molecular complexity index is 566.